The van der Waals surface area contributed by atoms with Gasteiger partial charge < -0.3 is 4.52 Å². The zero-order valence-corrected chi connectivity index (χ0v) is 12.7. The Morgan fingerprint density at radius 2 is 2.00 bits per heavy atom. The highest BCUT2D eigenvalue weighted by atomic mass is 32.2. The van der Waals surface area contributed by atoms with Gasteiger partial charge in [0.2, 0.25) is 11.7 Å². The minimum Gasteiger partial charge on any atom is -0.338 e. The molecule has 3 aromatic rings. The van der Waals surface area contributed by atoms with Crippen molar-refractivity contribution in [3.8, 4) is 11.4 Å². The van der Waals surface area contributed by atoms with Crippen molar-refractivity contribution in [3.05, 3.63) is 53.5 Å². The van der Waals surface area contributed by atoms with Crippen LogP contribution in [0.25, 0.3) is 11.4 Å². The standard InChI is InChI=1S/C13H10FN3O3S2/c14-10-5-3-9(4-6-10)13-16-11(20-17-13)8-15-22(18,19)12-2-1-7-21-12/h1-7,15H,8H2. The van der Waals surface area contributed by atoms with E-state index in [2.05, 4.69) is 14.9 Å². The minimum absolute atomic E-state index is 0.117. The number of thiophene rings is 1. The van der Waals surface area contributed by atoms with Crippen LogP contribution < -0.4 is 4.72 Å². The van der Waals surface area contributed by atoms with Gasteiger partial charge in [-0.05, 0) is 35.7 Å². The number of sulfonamides is 1. The van der Waals surface area contributed by atoms with Crippen LogP contribution in [0, 0.1) is 5.82 Å². The molecule has 2 heterocycles. The summed E-state index contributed by atoms with van der Waals surface area (Å²) in [6.45, 7) is -0.117. The Bertz CT molecular complexity index is 858. The summed E-state index contributed by atoms with van der Waals surface area (Å²) in [5, 5.41) is 5.41. The van der Waals surface area contributed by atoms with Gasteiger partial charge in [0.15, 0.2) is 0 Å². The van der Waals surface area contributed by atoms with E-state index in [1.54, 1.807) is 11.4 Å². The van der Waals surface area contributed by atoms with Crippen LogP contribution in [-0.4, -0.2) is 18.6 Å². The van der Waals surface area contributed by atoms with Crippen molar-refractivity contribution in [3.63, 3.8) is 0 Å². The molecule has 0 aliphatic carbocycles. The molecule has 0 spiro atoms. The molecule has 114 valence electrons. The minimum atomic E-state index is -3.58. The fraction of sp³-hybridized carbons (Fsp3) is 0.0769. The normalized spacial score (nSPS) is 11.7. The second-order valence-corrected chi connectivity index (χ2v) is 7.22. The molecule has 0 aliphatic heterocycles. The Morgan fingerprint density at radius 3 is 2.68 bits per heavy atom. The number of halogens is 1. The molecule has 0 unspecified atom stereocenters. The molecule has 0 aliphatic rings. The Hall–Kier alpha value is -2.10. The maximum Gasteiger partial charge on any atom is 0.250 e. The van der Waals surface area contributed by atoms with E-state index in [0.717, 1.165) is 11.3 Å². The maximum absolute atomic E-state index is 12.9. The third-order valence-corrected chi connectivity index (χ3v) is 5.54. The summed E-state index contributed by atoms with van der Waals surface area (Å²) in [5.74, 6) is 0.0287. The molecule has 3 rings (SSSR count). The Balaban J connectivity index is 1.71. The van der Waals surface area contributed by atoms with Crippen molar-refractivity contribution in [2.75, 3.05) is 0 Å². The average molecular weight is 339 g/mol. The van der Waals surface area contributed by atoms with Crippen molar-refractivity contribution in [2.45, 2.75) is 10.8 Å². The highest BCUT2D eigenvalue weighted by molar-refractivity contribution is 7.91. The van der Waals surface area contributed by atoms with Crippen molar-refractivity contribution in [1.82, 2.24) is 14.9 Å². The average Bonchev–Trinajstić information content (AvgIpc) is 3.18. The molecule has 0 radical (unpaired) electrons. The first-order valence-electron chi connectivity index (χ1n) is 6.16. The van der Waals surface area contributed by atoms with Gasteiger partial charge in [0.05, 0.1) is 6.54 Å². The van der Waals surface area contributed by atoms with Crippen LogP contribution in [0.4, 0.5) is 4.39 Å². The predicted molar refractivity (Wildman–Crippen MR) is 78.0 cm³/mol. The largest absolute Gasteiger partial charge is 0.338 e. The summed E-state index contributed by atoms with van der Waals surface area (Å²) >= 11 is 1.12. The van der Waals surface area contributed by atoms with E-state index in [-0.39, 0.29) is 28.3 Å². The lowest BCUT2D eigenvalue weighted by atomic mass is 10.2. The number of rotatable bonds is 5. The maximum atomic E-state index is 12.9. The molecule has 1 N–H and O–H groups in total. The van der Waals surface area contributed by atoms with Crippen LogP contribution in [-0.2, 0) is 16.6 Å². The third-order valence-electron chi connectivity index (χ3n) is 2.74. The third kappa shape index (κ3) is 3.21. The summed E-state index contributed by atoms with van der Waals surface area (Å²) in [7, 11) is -3.58. The van der Waals surface area contributed by atoms with Gasteiger partial charge in [0, 0.05) is 5.56 Å². The van der Waals surface area contributed by atoms with Gasteiger partial charge in [-0.3, -0.25) is 0 Å². The van der Waals surface area contributed by atoms with Gasteiger partial charge in [-0.1, -0.05) is 11.2 Å². The van der Waals surface area contributed by atoms with Crippen LogP contribution in [0.2, 0.25) is 0 Å². The summed E-state index contributed by atoms with van der Waals surface area (Å²) in [6, 6.07) is 8.75. The summed E-state index contributed by atoms with van der Waals surface area (Å²) in [5.41, 5.74) is 0.581. The molecule has 0 saturated heterocycles. The molecule has 0 atom stereocenters. The smallest absolute Gasteiger partial charge is 0.250 e. The number of benzene rings is 1. The van der Waals surface area contributed by atoms with Crippen molar-refractivity contribution >= 4 is 21.4 Å². The predicted octanol–water partition coefficient (Wildman–Crippen LogP) is 2.42. The number of hydrogen-bond acceptors (Lipinski definition) is 6. The molecular weight excluding hydrogens is 329 g/mol. The fourth-order valence-electron chi connectivity index (χ4n) is 1.69. The zero-order valence-electron chi connectivity index (χ0n) is 11.1. The summed E-state index contributed by atoms with van der Waals surface area (Å²) in [4.78, 5) is 4.07. The first-order valence-corrected chi connectivity index (χ1v) is 8.52. The number of aromatic nitrogens is 2. The van der Waals surface area contributed by atoms with Gasteiger partial charge in [-0.25, -0.2) is 17.5 Å². The SMILES string of the molecule is O=S(=O)(NCc1nc(-c2ccc(F)cc2)no1)c1cccs1. The van der Waals surface area contributed by atoms with Crippen molar-refractivity contribution in [2.24, 2.45) is 0 Å². The molecule has 22 heavy (non-hydrogen) atoms. The second-order valence-electron chi connectivity index (χ2n) is 4.28. The van der Waals surface area contributed by atoms with E-state index in [9.17, 15) is 12.8 Å². The lowest BCUT2D eigenvalue weighted by molar-refractivity contribution is 0.376. The number of nitrogens with one attached hydrogen (secondary N) is 1. The Labute approximate surface area is 129 Å². The van der Waals surface area contributed by atoms with Gasteiger partial charge in [-0.2, -0.15) is 4.98 Å². The number of nitrogens with zero attached hydrogens (tertiary/aromatic N) is 2. The lowest BCUT2D eigenvalue weighted by Crippen LogP contribution is -2.22. The highest BCUT2D eigenvalue weighted by Crippen LogP contribution is 2.18. The van der Waals surface area contributed by atoms with Crippen LogP contribution in [0.15, 0.2) is 50.5 Å². The van der Waals surface area contributed by atoms with E-state index in [1.165, 1.54) is 30.3 Å². The van der Waals surface area contributed by atoms with Gasteiger partial charge in [0.1, 0.15) is 10.0 Å². The lowest BCUT2D eigenvalue weighted by Gasteiger charge is -2.00. The topological polar surface area (TPSA) is 85.1 Å². The second kappa shape index (κ2) is 5.95. The zero-order chi connectivity index (χ0) is 15.6. The fourth-order valence-corrected chi connectivity index (χ4v) is 3.70. The van der Waals surface area contributed by atoms with E-state index in [0.29, 0.717) is 5.56 Å². The molecule has 6 nitrogen and oxygen atoms in total. The molecule has 0 bridgehead atoms. The molecule has 0 saturated carbocycles. The highest BCUT2D eigenvalue weighted by Gasteiger charge is 2.17. The van der Waals surface area contributed by atoms with Gasteiger partial charge in [-0.15, -0.1) is 11.3 Å². The van der Waals surface area contributed by atoms with Crippen molar-refractivity contribution < 1.29 is 17.3 Å². The van der Waals surface area contributed by atoms with Crippen molar-refractivity contribution in [1.29, 1.82) is 0 Å². The molecule has 2 aromatic heterocycles. The quantitative estimate of drug-likeness (QED) is 0.771. The summed E-state index contributed by atoms with van der Waals surface area (Å²) < 4.78 is 44.3. The van der Waals surface area contributed by atoms with E-state index >= 15 is 0 Å². The molecule has 0 fully saturated rings. The molecule has 1 aromatic carbocycles. The molecule has 0 amide bonds. The molecule has 9 heteroatoms. The van der Waals surface area contributed by atoms with Gasteiger partial charge >= 0.3 is 0 Å². The van der Waals surface area contributed by atoms with E-state index in [4.69, 9.17) is 4.52 Å². The molecular formula is C13H10FN3O3S2. The first-order chi connectivity index (χ1) is 10.5. The first kappa shape index (κ1) is 14.8. The summed E-state index contributed by atoms with van der Waals surface area (Å²) in [6.07, 6.45) is 0. The van der Waals surface area contributed by atoms with Gasteiger partial charge in [0.25, 0.3) is 10.0 Å². The van der Waals surface area contributed by atoms with Crippen LogP contribution in [0.3, 0.4) is 0 Å². The van der Waals surface area contributed by atoms with Crippen LogP contribution in [0.1, 0.15) is 5.89 Å². The monoisotopic (exact) mass is 339 g/mol. The Morgan fingerprint density at radius 1 is 1.23 bits per heavy atom. The van der Waals surface area contributed by atoms with Crippen LogP contribution in [0.5, 0.6) is 0 Å². The van der Waals surface area contributed by atoms with E-state index in [1.807, 2.05) is 0 Å². The Kier molecular flexibility index (Phi) is 4.01. The van der Waals surface area contributed by atoms with E-state index < -0.39 is 10.0 Å². The van der Waals surface area contributed by atoms with Crippen LogP contribution >= 0.6 is 11.3 Å². The number of hydrogen-bond donors (Lipinski definition) is 1.